The quantitative estimate of drug-likeness (QED) is 0.550. The van der Waals surface area contributed by atoms with E-state index in [4.69, 9.17) is 9.47 Å². The zero-order valence-corrected chi connectivity index (χ0v) is 22.3. The van der Waals surface area contributed by atoms with Crippen molar-refractivity contribution in [2.75, 3.05) is 6.61 Å². The molecular weight excluding hydrogens is 460 g/mol. The summed E-state index contributed by atoms with van der Waals surface area (Å²) in [6, 6.07) is 0. The van der Waals surface area contributed by atoms with E-state index in [0.29, 0.717) is 12.8 Å². The first-order valence-corrected chi connectivity index (χ1v) is 13.3. The van der Waals surface area contributed by atoms with E-state index >= 15 is 0 Å². The molecule has 3 saturated carbocycles. The predicted molar refractivity (Wildman–Crippen MR) is 132 cm³/mol. The van der Waals surface area contributed by atoms with Crippen molar-refractivity contribution in [2.45, 2.75) is 85.4 Å². The van der Waals surface area contributed by atoms with Crippen molar-refractivity contribution in [2.24, 2.45) is 40.4 Å². The third kappa shape index (κ3) is 4.07. The molecule has 3 fully saturated rings. The number of hydrogen-bond donors (Lipinski definition) is 1. The Hall–Kier alpha value is -2.28. The summed E-state index contributed by atoms with van der Waals surface area (Å²) >= 11 is 0. The van der Waals surface area contributed by atoms with Gasteiger partial charge in [-0.1, -0.05) is 46.3 Å². The molecule has 0 aromatic heterocycles. The van der Waals surface area contributed by atoms with Crippen molar-refractivity contribution in [3.63, 3.8) is 0 Å². The maximum absolute atomic E-state index is 13.7. The number of carbonyl (C=O) groups excluding carboxylic acids is 4. The Morgan fingerprint density at radius 1 is 1.22 bits per heavy atom. The molecule has 0 unspecified atom stereocenters. The van der Waals surface area contributed by atoms with Crippen LogP contribution in [0.15, 0.2) is 23.8 Å². The molecule has 4 rings (SSSR count). The summed E-state index contributed by atoms with van der Waals surface area (Å²) in [7, 11) is 0. The lowest BCUT2D eigenvalue weighted by atomic mass is 9.44. The summed E-state index contributed by atoms with van der Waals surface area (Å²) < 4.78 is 11.2. The molecule has 1 N–H and O–H groups in total. The van der Waals surface area contributed by atoms with E-state index in [-0.39, 0.29) is 48.2 Å². The Balaban J connectivity index is 1.68. The molecule has 36 heavy (non-hydrogen) atoms. The van der Waals surface area contributed by atoms with Gasteiger partial charge < -0.3 is 14.6 Å². The van der Waals surface area contributed by atoms with Gasteiger partial charge in [-0.3, -0.25) is 19.2 Å². The molecule has 0 aromatic rings. The molecule has 0 saturated heterocycles. The third-order valence-corrected chi connectivity index (χ3v) is 9.64. The van der Waals surface area contributed by atoms with Crippen LogP contribution < -0.4 is 0 Å². The van der Waals surface area contributed by atoms with Crippen molar-refractivity contribution in [3.8, 4) is 0 Å². The minimum atomic E-state index is -1.45. The van der Waals surface area contributed by atoms with Gasteiger partial charge in [0.25, 0.3) is 0 Å². The van der Waals surface area contributed by atoms with Gasteiger partial charge in [-0.15, -0.1) is 0 Å². The van der Waals surface area contributed by atoms with Crippen LogP contribution in [-0.4, -0.2) is 46.9 Å². The Bertz CT molecular complexity index is 1020. The Kier molecular flexibility index (Phi) is 6.87. The Labute approximate surface area is 213 Å². The fourth-order valence-corrected chi connectivity index (χ4v) is 8.32. The van der Waals surface area contributed by atoms with Crippen molar-refractivity contribution >= 4 is 23.5 Å². The van der Waals surface area contributed by atoms with E-state index in [0.717, 1.165) is 12.0 Å². The van der Waals surface area contributed by atoms with Crippen molar-refractivity contribution in [1.82, 2.24) is 0 Å². The predicted octanol–water partition coefficient (Wildman–Crippen LogP) is 3.97. The van der Waals surface area contributed by atoms with Crippen molar-refractivity contribution in [1.29, 1.82) is 0 Å². The summed E-state index contributed by atoms with van der Waals surface area (Å²) in [5.41, 5.74) is -1.63. The lowest BCUT2D eigenvalue weighted by Gasteiger charge is -2.61. The van der Waals surface area contributed by atoms with Gasteiger partial charge in [0.1, 0.15) is 0 Å². The lowest BCUT2D eigenvalue weighted by Crippen LogP contribution is -2.63. The fourth-order valence-electron chi connectivity index (χ4n) is 8.32. The van der Waals surface area contributed by atoms with Gasteiger partial charge in [-0.25, -0.2) is 0 Å². The average molecular weight is 501 g/mol. The van der Waals surface area contributed by atoms with Crippen LogP contribution in [0.2, 0.25) is 0 Å². The van der Waals surface area contributed by atoms with Gasteiger partial charge >= 0.3 is 11.9 Å². The van der Waals surface area contributed by atoms with Gasteiger partial charge in [-0.2, -0.15) is 0 Å². The molecule has 7 nitrogen and oxygen atoms in total. The maximum atomic E-state index is 13.7. The van der Waals surface area contributed by atoms with Crippen molar-refractivity contribution < 1.29 is 33.8 Å². The van der Waals surface area contributed by atoms with Gasteiger partial charge in [0, 0.05) is 30.1 Å². The first kappa shape index (κ1) is 26.8. The number of aliphatic hydroxyl groups is 1. The standard InChI is InChI=1S/C29H40O7/c1-16(2)11-25(34)35-15-24(33)29(36-18(4)30)10-8-21-20-12-17(3)22-13-19(31)7-9-27(22,5)26(20)23(32)14-28(21,29)6/h7,9,13,16-17,20-21,23,26,32H,8,10-12,14-15H2,1-6H3/t17-,20-,21-,23-,26+,27-,28-,29-/m0/s1. The van der Waals surface area contributed by atoms with Gasteiger partial charge in [-0.05, 0) is 61.5 Å². The largest absolute Gasteiger partial charge is 0.457 e. The zero-order chi connectivity index (χ0) is 26.6. The van der Waals surface area contributed by atoms with E-state index in [9.17, 15) is 24.3 Å². The van der Waals surface area contributed by atoms with Gasteiger partial charge in [0.05, 0.1) is 6.10 Å². The molecule has 198 valence electrons. The summed E-state index contributed by atoms with van der Waals surface area (Å²) in [6.45, 7) is 10.8. The second kappa shape index (κ2) is 9.23. The van der Waals surface area contributed by atoms with Crippen LogP contribution in [-0.2, 0) is 28.7 Å². The molecule has 7 heteroatoms. The van der Waals surface area contributed by atoms with Crippen LogP contribution in [0, 0.1) is 40.4 Å². The molecule has 8 atom stereocenters. The number of carbonyl (C=O) groups is 4. The van der Waals surface area contributed by atoms with Crippen LogP contribution in [0.1, 0.15) is 73.6 Å². The molecule has 0 amide bonds. The Morgan fingerprint density at radius 2 is 1.92 bits per heavy atom. The second-order valence-electron chi connectivity index (χ2n) is 12.4. The number of Topliss-reactive ketones (excluding diaryl/α,β-unsaturated/α-hetero) is 1. The second-order valence-corrected chi connectivity index (χ2v) is 12.4. The zero-order valence-electron chi connectivity index (χ0n) is 22.3. The highest BCUT2D eigenvalue weighted by molar-refractivity contribution is 6.01. The highest BCUT2D eigenvalue weighted by atomic mass is 16.6. The summed E-state index contributed by atoms with van der Waals surface area (Å²) in [5, 5.41) is 11.7. The minimum absolute atomic E-state index is 0.0183. The van der Waals surface area contributed by atoms with Crippen LogP contribution in [0.3, 0.4) is 0 Å². The number of allylic oxidation sites excluding steroid dienone is 4. The van der Waals surface area contributed by atoms with Gasteiger partial charge in [0.15, 0.2) is 18.0 Å². The van der Waals surface area contributed by atoms with E-state index in [1.807, 2.05) is 26.8 Å². The number of rotatable bonds is 6. The number of ketones is 2. The fraction of sp³-hybridized carbons (Fsp3) is 0.724. The lowest BCUT2D eigenvalue weighted by molar-refractivity contribution is -0.200. The normalized spacial score (nSPS) is 41.2. The molecule has 0 radical (unpaired) electrons. The summed E-state index contributed by atoms with van der Waals surface area (Å²) in [5.74, 6) is -1.17. The van der Waals surface area contributed by atoms with Crippen molar-refractivity contribution in [3.05, 3.63) is 23.8 Å². The topological polar surface area (TPSA) is 107 Å². The van der Waals surface area contributed by atoms with Crippen LogP contribution in [0.5, 0.6) is 0 Å². The number of hydrogen-bond acceptors (Lipinski definition) is 7. The molecule has 0 aliphatic heterocycles. The molecule has 4 aliphatic carbocycles. The third-order valence-electron chi connectivity index (χ3n) is 9.64. The minimum Gasteiger partial charge on any atom is -0.457 e. The molecule has 0 heterocycles. The number of esters is 2. The monoisotopic (exact) mass is 500 g/mol. The molecular formula is C29H40O7. The van der Waals surface area contributed by atoms with E-state index in [2.05, 4.69) is 13.8 Å². The van der Waals surface area contributed by atoms with Gasteiger partial charge in [0.2, 0.25) is 5.78 Å². The summed E-state index contributed by atoms with van der Waals surface area (Å²) in [4.78, 5) is 50.4. The smallest absolute Gasteiger partial charge is 0.306 e. The van der Waals surface area contributed by atoms with E-state index in [1.54, 1.807) is 12.2 Å². The average Bonchev–Trinajstić information content (AvgIpc) is 3.04. The van der Waals surface area contributed by atoms with Crippen LogP contribution in [0.25, 0.3) is 0 Å². The summed E-state index contributed by atoms with van der Waals surface area (Å²) in [6.07, 6.45) is 6.84. The van der Waals surface area contributed by atoms with E-state index in [1.165, 1.54) is 6.92 Å². The molecule has 0 aromatic carbocycles. The Morgan fingerprint density at radius 3 is 2.56 bits per heavy atom. The molecule has 0 bridgehead atoms. The SMILES string of the molecule is CC(=O)O[C@]1(C(=O)COC(=O)CC(C)C)CC[C@H]2[C@@H]3C[C@H](C)C4=CC(=O)C=C[C@]4(C)[C@H]3[C@@H](O)C[C@@]21C. The highest BCUT2D eigenvalue weighted by Gasteiger charge is 2.70. The first-order chi connectivity index (χ1) is 16.7. The maximum Gasteiger partial charge on any atom is 0.306 e. The number of ether oxygens (including phenoxy) is 2. The number of fused-ring (bicyclic) bond motifs is 5. The van der Waals surface area contributed by atoms with E-state index < -0.39 is 46.9 Å². The van der Waals surface area contributed by atoms with Crippen LogP contribution >= 0.6 is 0 Å². The van der Waals surface area contributed by atoms with Crippen LogP contribution in [0.4, 0.5) is 0 Å². The molecule has 4 aliphatic rings. The highest BCUT2D eigenvalue weighted by Crippen LogP contribution is 2.68. The molecule has 0 spiro atoms. The number of aliphatic hydroxyl groups excluding tert-OH is 1. The first-order valence-electron chi connectivity index (χ1n) is 13.3.